The van der Waals surface area contributed by atoms with Crippen molar-refractivity contribution in [3.8, 4) is 29.1 Å². The summed E-state index contributed by atoms with van der Waals surface area (Å²) in [5.41, 5.74) is 2.41. The van der Waals surface area contributed by atoms with Crippen molar-refractivity contribution in [3.63, 3.8) is 0 Å². The molecular weight excluding hydrogens is 400 g/mol. The second-order valence-electron chi connectivity index (χ2n) is 5.97. The number of anilines is 1. The molecule has 0 radical (unpaired) electrons. The van der Waals surface area contributed by atoms with Gasteiger partial charge in [0.25, 0.3) is 0 Å². The van der Waals surface area contributed by atoms with E-state index >= 15 is 0 Å². The maximum absolute atomic E-state index is 9.89. The highest BCUT2D eigenvalue weighted by Gasteiger charge is 2.22. The van der Waals surface area contributed by atoms with E-state index < -0.39 is 0 Å². The molecule has 3 heterocycles. The van der Waals surface area contributed by atoms with Gasteiger partial charge in [-0.1, -0.05) is 6.07 Å². The third kappa shape index (κ3) is 4.66. The maximum Gasteiger partial charge on any atom is 0.145 e. The zero-order valence-corrected chi connectivity index (χ0v) is 17.0. The summed E-state index contributed by atoms with van der Waals surface area (Å²) in [6.45, 7) is 0.0501. The molecule has 9 heteroatoms. The normalized spacial score (nSPS) is 10.1. The molecule has 0 aliphatic heterocycles. The highest BCUT2D eigenvalue weighted by molar-refractivity contribution is 7.98. The summed E-state index contributed by atoms with van der Waals surface area (Å²) in [7, 11) is 1.67. The third-order valence-electron chi connectivity index (χ3n) is 4.08. The predicted octanol–water partition coefficient (Wildman–Crippen LogP) is 2.99. The summed E-state index contributed by atoms with van der Waals surface area (Å²) in [6, 6.07) is 11.5. The molecule has 0 spiro atoms. The third-order valence-corrected chi connectivity index (χ3v) is 5.12. The fourth-order valence-electron chi connectivity index (χ4n) is 2.73. The SMILES string of the molecule is CNc1nc(SCc2cccnc2)c(C#N)c(-c2ccc(OCCO)cn2)c1C#N. The highest BCUT2D eigenvalue weighted by Crippen LogP contribution is 2.36. The molecule has 0 fully saturated rings. The lowest BCUT2D eigenvalue weighted by molar-refractivity contribution is 0.201. The molecule has 30 heavy (non-hydrogen) atoms. The fourth-order valence-corrected chi connectivity index (χ4v) is 3.65. The van der Waals surface area contributed by atoms with E-state index in [0.717, 1.165) is 5.56 Å². The van der Waals surface area contributed by atoms with E-state index in [4.69, 9.17) is 9.84 Å². The lowest BCUT2D eigenvalue weighted by atomic mass is 10.0. The summed E-state index contributed by atoms with van der Waals surface area (Å²) in [4.78, 5) is 13.0. The molecule has 3 aromatic rings. The molecule has 3 rings (SSSR count). The van der Waals surface area contributed by atoms with Crippen molar-refractivity contribution in [1.29, 1.82) is 10.5 Å². The number of pyridine rings is 3. The average molecular weight is 418 g/mol. The molecule has 150 valence electrons. The molecule has 0 bridgehead atoms. The Morgan fingerprint density at radius 1 is 1.17 bits per heavy atom. The molecule has 8 nitrogen and oxygen atoms in total. The molecular formula is C21H18N6O2S. The molecule has 0 saturated carbocycles. The Hall–Kier alpha value is -3.66. The van der Waals surface area contributed by atoms with E-state index in [1.807, 2.05) is 12.1 Å². The molecule has 0 atom stereocenters. The minimum atomic E-state index is -0.105. The number of nitrogens with zero attached hydrogens (tertiary/aromatic N) is 5. The minimum absolute atomic E-state index is 0.105. The van der Waals surface area contributed by atoms with Crippen molar-refractivity contribution in [2.24, 2.45) is 0 Å². The maximum atomic E-state index is 9.89. The first-order chi connectivity index (χ1) is 14.7. The molecule has 0 amide bonds. The fraction of sp³-hybridized carbons (Fsp3) is 0.190. The second kappa shape index (κ2) is 10.2. The van der Waals surface area contributed by atoms with E-state index in [1.165, 1.54) is 18.0 Å². The summed E-state index contributed by atoms with van der Waals surface area (Å²) in [5, 5.41) is 32.0. The van der Waals surface area contributed by atoms with Crippen LogP contribution >= 0.6 is 11.8 Å². The molecule has 3 aromatic heterocycles. The first kappa shape index (κ1) is 21.1. The van der Waals surface area contributed by atoms with Gasteiger partial charge in [-0.05, 0) is 23.8 Å². The van der Waals surface area contributed by atoms with Gasteiger partial charge in [0, 0.05) is 30.8 Å². The number of hydrogen-bond donors (Lipinski definition) is 2. The van der Waals surface area contributed by atoms with Gasteiger partial charge in [0.1, 0.15) is 40.9 Å². The smallest absolute Gasteiger partial charge is 0.145 e. The van der Waals surface area contributed by atoms with Gasteiger partial charge < -0.3 is 15.2 Å². The Morgan fingerprint density at radius 2 is 2.00 bits per heavy atom. The van der Waals surface area contributed by atoms with Gasteiger partial charge in [-0.3, -0.25) is 9.97 Å². The Kier molecular flexibility index (Phi) is 7.17. The van der Waals surface area contributed by atoms with E-state index in [-0.39, 0.29) is 24.3 Å². The van der Waals surface area contributed by atoms with Crippen molar-refractivity contribution in [1.82, 2.24) is 15.0 Å². The van der Waals surface area contributed by atoms with Crippen LogP contribution in [0.25, 0.3) is 11.3 Å². The molecule has 0 saturated heterocycles. The topological polar surface area (TPSA) is 128 Å². The van der Waals surface area contributed by atoms with Crippen LogP contribution in [0.2, 0.25) is 0 Å². The standard InChI is InChI=1S/C21H18N6O2S/c1-24-20-16(9-22)19(18-5-4-15(12-26-18)29-8-7-28)17(10-23)21(27-20)30-13-14-3-2-6-25-11-14/h2-6,11-12,28H,7-8,13H2,1H3,(H,24,27). The minimum Gasteiger partial charge on any atom is -0.490 e. The van der Waals surface area contributed by atoms with Crippen molar-refractivity contribution >= 4 is 17.6 Å². The lowest BCUT2D eigenvalue weighted by Gasteiger charge is -2.14. The first-order valence-corrected chi connectivity index (χ1v) is 9.98. The Labute approximate surface area is 178 Å². The van der Waals surface area contributed by atoms with E-state index in [1.54, 1.807) is 31.6 Å². The number of hydrogen-bond acceptors (Lipinski definition) is 9. The van der Waals surface area contributed by atoms with Crippen molar-refractivity contribution in [3.05, 3.63) is 59.5 Å². The monoisotopic (exact) mass is 418 g/mol. The summed E-state index contributed by atoms with van der Waals surface area (Å²) >= 11 is 1.39. The van der Waals surface area contributed by atoms with Crippen molar-refractivity contribution in [2.75, 3.05) is 25.6 Å². The van der Waals surface area contributed by atoms with E-state index in [9.17, 15) is 10.5 Å². The number of aliphatic hydroxyl groups is 1. The van der Waals surface area contributed by atoms with Crippen LogP contribution in [-0.4, -0.2) is 40.3 Å². The van der Waals surface area contributed by atoms with Crippen LogP contribution in [0.15, 0.2) is 47.9 Å². The van der Waals surface area contributed by atoms with Crippen LogP contribution in [0.1, 0.15) is 16.7 Å². The molecule has 0 aliphatic rings. The van der Waals surface area contributed by atoms with Crippen LogP contribution in [0.4, 0.5) is 5.82 Å². The Bertz CT molecular complexity index is 1090. The van der Waals surface area contributed by atoms with Gasteiger partial charge in [0.05, 0.1) is 24.1 Å². The van der Waals surface area contributed by atoms with Crippen molar-refractivity contribution in [2.45, 2.75) is 10.8 Å². The van der Waals surface area contributed by atoms with Gasteiger partial charge in [-0.15, -0.1) is 11.8 Å². The van der Waals surface area contributed by atoms with Gasteiger partial charge in [-0.2, -0.15) is 10.5 Å². The van der Waals surface area contributed by atoms with E-state index in [2.05, 4.69) is 32.4 Å². The Morgan fingerprint density at radius 3 is 2.60 bits per heavy atom. The molecule has 0 aromatic carbocycles. The number of nitriles is 2. The number of aromatic nitrogens is 3. The predicted molar refractivity (Wildman–Crippen MR) is 113 cm³/mol. The van der Waals surface area contributed by atoms with Gasteiger partial charge in [-0.25, -0.2) is 4.98 Å². The lowest BCUT2D eigenvalue weighted by Crippen LogP contribution is -2.05. The number of aliphatic hydroxyl groups excluding tert-OH is 1. The quantitative estimate of drug-likeness (QED) is 0.530. The van der Waals surface area contributed by atoms with E-state index in [0.29, 0.717) is 33.6 Å². The van der Waals surface area contributed by atoms with Gasteiger partial charge >= 0.3 is 0 Å². The van der Waals surface area contributed by atoms with Crippen molar-refractivity contribution < 1.29 is 9.84 Å². The van der Waals surface area contributed by atoms with Crippen LogP contribution < -0.4 is 10.1 Å². The second-order valence-corrected chi connectivity index (χ2v) is 6.93. The number of nitrogens with one attached hydrogen (secondary N) is 1. The zero-order chi connectivity index (χ0) is 21.3. The van der Waals surface area contributed by atoms with Crippen LogP contribution in [0.5, 0.6) is 5.75 Å². The summed E-state index contributed by atoms with van der Waals surface area (Å²) in [6.07, 6.45) is 4.95. The van der Waals surface area contributed by atoms with Crippen LogP contribution in [-0.2, 0) is 5.75 Å². The number of thioether (sulfide) groups is 1. The summed E-state index contributed by atoms with van der Waals surface area (Å²) in [5.74, 6) is 1.44. The number of ether oxygens (including phenoxy) is 1. The van der Waals surface area contributed by atoms with Gasteiger partial charge in [0.15, 0.2) is 0 Å². The Balaban J connectivity index is 2.06. The number of rotatable bonds is 8. The van der Waals surface area contributed by atoms with Crippen LogP contribution in [0, 0.1) is 22.7 Å². The largest absolute Gasteiger partial charge is 0.490 e. The summed E-state index contributed by atoms with van der Waals surface area (Å²) < 4.78 is 5.34. The molecule has 2 N–H and O–H groups in total. The molecule has 0 unspecified atom stereocenters. The first-order valence-electron chi connectivity index (χ1n) is 8.99. The molecule has 0 aliphatic carbocycles. The average Bonchev–Trinajstić information content (AvgIpc) is 2.81. The highest BCUT2D eigenvalue weighted by atomic mass is 32.2. The van der Waals surface area contributed by atoms with Crippen LogP contribution in [0.3, 0.4) is 0 Å². The van der Waals surface area contributed by atoms with Gasteiger partial charge in [0.2, 0.25) is 0 Å². The zero-order valence-electron chi connectivity index (χ0n) is 16.2.